The van der Waals surface area contributed by atoms with Crippen molar-refractivity contribution >= 4 is 62.2 Å². The SMILES string of the molecule is C[Si]1(C)c2ccccc2-c2c(-c3cccc(-n4c5ccccc5c5ccccc54)c3)nc(-c3cccc(-n4c5ccccc5c5ccccc54)c3)nc21. The van der Waals surface area contributed by atoms with E-state index in [1.54, 1.807) is 0 Å². The Bertz CT molecular complexity index is 3000. The molecule has 11 rings (SSSR count). The third-order valence-electron chi connectivity index (χ3n) is 11.3. The normalized spacial score (nSPS) is 13.2. The van der Waals surface area contributed by atoms with Gasteiger partial charge in [-0.25, -0.2) is 9.97 Å². The maximum Gasteiger partial charge on any atom is 0.159 e. The first kappa shape index (κ1) is 30.1. The molecule has 0 saturated heterocycles. The molecule has 10 aromatic rings. The Morgan fingerprint density at radius 1 is 0.434 bits per heavy atom. The van der Waals surface area contributed by atoms with Gasteiger partial charge >= 0.3 is 0 Å². The van der Waals surface area contributed by atoms with E-state index in [4.69, 9.17) is 9.97 Å². The average molecular weight is 695 g/mol. The minimum atomic E-state index is -2.15. The standard InChI is InChI=1S/C48H34N4Si/c1-53(2)44-28-12-7-23-39(44)45-46(31-15-13-17-33(29-31)51-40-24-8-3-19-35(40)36-20-4-9-25-41(36)51)49-47(50-48(45)53)32-16-14-18-34(30-32)52-42-26-10-5-21-37(42)38-22-6-11-27-43(38)52/h3-30H,1-2H3. The molecular formula is C48H34N4Si. The summed E-state index contributed by atoms with van der Waals surface area (Å²) < 4.78 is 4.75. The average Bonchev–Trinajstić information content (AvgIpc) is 3.81. The van der Waals surface area contributed by atoms with Gasteiger partial charge in [-0.05, 0) is 59.3 Å². The van der Waals surface area contributed by atoms with Gasteiger partial charge in [-0.3, -0.25) is 0 Å². The molecule has 4 nitrogen and oxygen atoms in total. The highest BCUT2D eigenvalue weighted by Crippen LogP contribution is 2.39. The molecule has 0 spiro atoms. The van der Waals surface area contributed by atoms with Gasteiger partial charge in [0, 0.05) is 54.9 Å². The van der Waals surface area contributed by atoms with E-state index >= 15 is 0 Å². The van der Waals surface area contributed by atoms with Crippen LogP contribution >= 0.6 is 0 Å². The van der Waals surface area contributed by atoms with Crippen molar-refractivity contribution in [3.05, 3.63) is 170 Å². The van der Waals surface area contributed by atoms with Gasteiger partial charge in [0.05, 0.1) is 27.8 Å². The van der Waals surface area contributed by atoms with Crippen LogP contribution in [0.4, 0.5) is 0 Å². The Morgan fingerprint density at radius 3 is 1.43 bits per heavy atom. The Labute approximate surface area is 308 Å². The Kier molecular flexibility index (Phi) is 6.37. The fourth-order valence-electron chi connectivity index (χ4n) is 8.86. The van der Waals surface area contributed by atoms with Crippen LogP contribution in [0.1, 0.15) is 0 Å². The summed E-state index contributed by atoms with van der Waals surface area (Å²) in [5.74, 6) is 0.761. The van der Waals surface area contributed by atoms with Crippen LogP contribution in [0.15, 0.2) is 170 Å². The summed E-state index contributed by atoms with van der Waals surface area (Å²) in [6.45, 7) is 4.86. The summed E-state index contributed by atoms with van der Waals surface area (Å²) in [4.78, 5) is 11.1. The van der Waals surface area contributed by atoms with Crippen LogP contribution in [0, 0.1) is 0 Å². The molecule has 0 saturated carbocycles. The van der Waals surface area contributed by atoms with Crippen molar-refractivity contribution in [2.45, 2.75) is 13.1 Å². The lowest BCUT2D eigenvalue weighted by Gasteiger charge is -2.19. The van der Waals surface area contributed by atoms with Crippen LogP contribution in [0.5, 0.6) is 0 Å². The van der Waals surface area contributed by atoms with Crippen LogP contribution in [-0.2, 0) is 0 Å². The van der Waals surface area contributed by atoms with E-state index in [2.05, 4.69) is 192 Å². The van der Waals surface area contributed by atoms with E-state index in [0.717, 1.165) is 34.0 Å². The van der Waals surface area contributed by atoms with E-state index in [1.807, 2.05) is 0 Å². The number of para-hydroxylation sites is 4. The second-order valence-electron chi connectivity index (χ2n) is 14.6. The Balaban J connectivity index is 1.15. The van der Waals surface area contributed by atoms with Crippen molar-refractivity contribution in [2.75, 3.05) is 0 Å². The zero-order valence-corrected chi connectivity index (χ0v) is 30.5. The number of rotatable bonds is 4. The predicted octanol–water partition coefficient (Wildman–Crippen LogP) is 10.8. The van der Waals surface area contributed by atoms with E-state index in [0.29, 0.717) is 0 Å². The van der Waals surface area contributed by atoms with Crippen LogP contribution in [0.3, 0.4) is 0 Å². The molecule has 0 aliphatic carbocycles. The van der Waals surface area contributed by atoms with Gasteiger partial charge in [-0.2, -0.15) is 0 Å². The van der Waals surface area contributed by atoms with Gasteiger partial charge < -0.3 is 9.13 Å². The van der Waals surface area contributed by atoms with E-state index in [-0.39, 0.29) is 0 Å². The van der Waals surface area contributed by atoms with Gasteiger partial charge in [0.2, 0.25) is 0 Å². The zero-order chi connectivity index (χ0) is 35.3. The molecule has 7 aromatic carbocycles. The van der Waals surface area contributed by atoms with Gasteiger partial charge in [-0.1, -0.05) is 134 Å². The summed E-state index contributed by atoms with van der Waals surface area (Å²) in [6, 6.07) is 61.3. The second kappa shape index (κ2) is 11.2. The number of aromatic nitrogens is 4. The molecule has 0 radical (unpaired) electrons. The summed E-state index contributed by atoms with van der Waals surface area (Å²) in [5.41, 5.74) is 12.5. The number of nitrogens with zero attached hydrogens (tertiary/aromatic N) is 4. The van der Waals surface area contributed by atoms with Crippen LogP contribution < -0.4 is 10.5 Å². The molecule has 0 fully saturated rings. The molecule has 4 heterocycles. The fraction of sp³-hybridized carbons (Fsp3) is 0.0417. The van der Waals surface area contributed by atoms with Gasteiger partial charge in [0.1, 0.15) is 8.07 Å². The molecule has 53 heavy (non-hydrogen) atoms. The number of hydrogen-bond donors (Lipinski definition) is 0. The van der Waals surface area contributed by atoms with Gasteiger partial charge in [0.15, 0.2) is 5.82 Å². The first-order chi connectivity index (χ1) is 26.1. The lowest BCUT2D eigenvalue weighted by Crippen LogP contribution is -2.50. The highest BCUT2D eigenvalue weighted by atomic mass is 28.3. The zero-order valence-electron chi connectivity index (χ0n) is 29.5. The van der Waals surface area contributed by atoms with Crippen molar-refractivity contribution < 1.29 is 0 Å². The van der Waals surface area contributed by atoms with Crippen molar-refractivity contribution in [3.63, 3.8) is 0 Å². The number of hydrogen-bond acceptors (Lipinski definition) is 2. The minimum absolute atomic E-state index is 0.761. The largest absolute Gasteiger partial charge is 0.309 e. The topological polar surface area (TPSA) is 35.6 Å². The van der Waals surface area contributed by atoms with E-state index in [9.17, 15) is 0 Å². The summed E-state index contributed by atoms with van der Waals surface area (Å²) in [5, 5.41) is 7.62. The molecular weight excluding hydrogens is 661 g/mol. The van der Waals surface area contributed by atoms with E-state index in [1.165, 1.54) is 65.2 Å². The van der Waals surface area contributed by atoms with Gasteiger partial charge in [-0.15, -0.1) is 0 Å². The molecule has 0 amide bonds. The summed E-state index contributed by atoms with van der Waals surface area (Å²) >= 11 is 0. The first-order valence-corrected chi connectivity index (χ1v) is 21.3. The summed E-state index contributed by atoms with van der Waals surface area (Å²) in [7, 11) is -2.15. The number of fused-ring (bicyclic) bond motifs is 9. The molecule has 1 aliphatic rings. The molecule has 1 aliphatic heterocycles. The molecule has 250 valence electrons. The second-order valence-corrected chi connectivity index (χ2v) is 18.9. The van der Waals surface area contributed by atoms with Crippen molar-refractivity contribution in [2.24, 2.45) is 0 Å². The van der Waals surface area contributed by atoms with Crippen molar-refractivity contribution in [1.29, 1.82) is 0 Å². The lowest BCUT2D eigenvalue weighted by molar-refractivity contribution is 1.16. The van der Waals surface area contributed by atoms with Crippen molar-refractivity contribution in [3.8, 4) is 45.1 Å². The highest BCUT2D eigenvalue weighted by molar-refractivity contribution is 7.03. The monoisotopic (exact) mass is 694 g/mol. The molecule has 0 unspecified atom stereocenters. The van der Waals surface area contributed by atoms with E-state index < -0.39 is 8.07 Å². The number of benzene rings is 7. The third-order valence-corrected chi connectivity index (χ3v) is 14.6. The first-order valence-electron chi connectivity index (χ1n) is 18.3. The maximum absolute atomic E-state index is 5.54. The van der Waals surface area contributed by atoms with Gasteiger partial charge in [0.25, 0.3) is 0 Å². The predicted molar refractivity (Wildman–Crippen MR) is 224 cm³/mol. The molecule has 3 aromatic heterocycles. The van der Waals surface area contributed by atoms with Crippen molar-refractivity contribution in [1.82, 2.24) is 19.1 Å². The van der Waals surface area contributed by atoms with Crippen LogP contribution in [0.25, 0.3) is 88.8 Å². The molecule has 0 N–H and O–H groups in total. The molecule has 0 bridgehead atoms. The van der Waals surface area contributed by atoms with Crippen LogP contribution in [0.2, 0.25) is 13.1 Å². The maximum atomic E-state index is 5.54. The fourth-order valence-corrected chi connectivity index (χ4v) is 11.8. The molecule has 0 atom stereocenters. The quantitative estimate of drug-likeness (QED) is 0.172. The lowest BCUT2D eigenvalue weighted by atomic mass is 10.00. The summed E-state index contributed by atoms with van der Waals surface area (Å²) in [6.07, 6.45) is 0. The van der Waals surface area contributed by atoms with Crippen LogP contribution in [-0.4, -0.2) is 27.2 Å². The smallest absolute Gasteiger partial charge is 0.159 e. The Morgan fingerprint density at radius 2 is 0.887 bits per heavy atom. The highest BCUT2D eigenvalue weighted by Gasteiger charge is 2.41. The third kappa shape index (κ3) is 4.35. The minimum Gasteiger partial charge on any atom is -0.309 e. The molecule has 5 heteroatoms. The Hall–Kier alpha value is -6.56.